The monoisotopic (exact) mass is 269 g/mol. The minimum Gasteiger partial charge on any atom is -0.481 e. The summed E-state index contributed by atoms with van der Waals surface area (Å²) in [5.74, 6) is -0.658. The lowest BCUT2D eigenvalue weighted by Crippen LogP contribution is -2.57. The number of urea groups is 1. The standard InChI is InChI=1S/C13H23N3O3/c1-9-5-11(3-4-15(9)2)14-13(19)16-7-10(8-16)6-12(17)18/h9-11H,3-8H2,1-2H3,(H,14,19)(H,17,18). The van der Waals surface area contributed by atoms with Crippen LogP contribution in [0.25, 0.3) is 0 Å². The van der Waals surface area contributed by atoms with Crippen LogP contribution in [-0.4, -0.2) is 65.7 Å². The predicted octanol–water partition coefficient (Wildman–Crippen LogP) is 0.585. The fourth-order valence-corrected chi connectivity index (χ4v) is 2.80. The molecule has 2 rings (SSSR count). The van der Waals surface area contributed by atoms with Crippen molar-refractivity contribution in [3.05, 3.63) is 0 Å². The molecule has 2 N–H and O–H groups in total. The van der Waals surface area contributed by atoms with Crippen molar-refractivity contribution in [3.63, 3.8) is 0 Å². The van der Waals surface area contributed by atoms with E-state index in [9.17, 15) is 9.59 Å². The minimum atomic E-state index is -0.783. The van der Waals surface area contributed by atoms with Gasteiger partial charge in [-0.3, -0.25) is 4.79 Å². The summed E-state index contributed by atoms with van der Waals surface area (Å²) in [7, 11) is 2.11. The van der Waals surface area contributed by atoms with Crippen LogP contribution in [0.2, 0.25) is 0 Å². The van der Waals surface area contributed by atoms with Crippen LogP contribution in [0, 0.1) is 5.92 Å². The number of rotatable bonds is 3. The fourth-order valence-electron chi connectivity index (χ4n) is 2.80. The maximum Gasteiger partial charge on any atom is 0.317 e. The highest BCUT2D eigenvalue weighted by Crippen LogP contribution is 2.20. The summed E-state index contributed by atoms with van der Waals surface area (Å²) < 4.78 is 0. The molecule has 0 bridgehead atoms. The first-order valence-corrected chi connectivity index (χ1v) is 6.93. The number of amides is 2. The lowest BCUT2D eigenvalue weighted by Gasteiger charge is -2.41. The Labute approximate surface area is 113 Å². The molecule has 0 aromatic rings. The van der Waals surface area contributed by atoms with Gasteiger partial charge in [-0.15, -0.1) is 0 Å². The first kappa shape index (κ1) is 14.1. The number of nitrogens with one attached hydrogen (secondary N) is 1. The molecule has 6 nitrogen and oxygen atoms in total. The van der Waals surface area contributed by atoms with Gasteiger partial charge in [0.2, 0.25) is 0 Å². The first-order valence-electron chi connectivity index (χ1n) is 6.93. The topological polar surface area (TPSA) is 72.9 Å². The third-order valence-electron chi connectivity index (χ3n) is 4.24. The van der Waals surface area contributed by atoms with Crippen molar-refractivity contribution in [1.82, 2.24) is 15.1 Å². The van der Waals surface area contributed by atoms with Gasteiger partial charge in [-0.1, -0.05) is 0 Å². The zero-order chi connectivity index (χ0) is 14.0. The molecule has 19 heavy (non-hydrogen) atoms. The number of carboxylic acids is 1. The van der Waals surface area contributed by atoms with Crippen molar-refractivity contribution in [3.8, 4) is 0 Å². The zero-order valence-electron chi connectivity index (χ0n) is 11.6. The van der Waals surface area contributed by atoms with Crippen LogP contribution in [0.5, 0.6) is 0 Å². The molecule has 2 saturated heterocycles. The maximum atomic E-state index is 12.0. The van der Waals surface area contributed by atoms with Gasteiger partial charge in [-0.2, -0.15) is 0 Å². The van der Waals surface area contributed by atoms with Crippen molar-refractivity contribution in [2.75, 3.05) is 26.7 Å². The highest BCUT2D eigenvalue weighted by Gasteiger charge is 2.33. The Bertz CT molecular complexity index is 355. The Morgan fingerprint density at radius 3 is 2.63 bits per heavy atom. The summed E-state index contributed by atoms with van der Waals surface area (Å²) in [5.41, 5.74) is 0. The van der Waals surface area contributed by atoms with E-state index in [0.717, 1.165) is 19.4 Å². The molecule has 0 radical (unpaired) electrons. The molecule has 6 heteroatoms. The Morgan fingerprint density at radius 2 is 2.05 bits per heavy atom. The van der Waals surface area contributed by atoms with E-state index in [1.54, 1.807) is 4.90 Å². The van der Waals surface area contributed by atoms with E-state index >= 15 is 0 Å². The van der Waals surface area contributed by atoms with E-state index in [1.807, 2.05) is 0 Å². The quantitative estimate of drug-likeness (QED) is 0.786. The van der Waals surface area contributed by atoms with Crippen LogP contribution in [-0.2, 0) is 4.79 Å². The van der Waals surface area contributed by atoms with E-state index < -0.39 is 5.97 Å². The fraction of sp³-hybridized carbons (Fsp3) is 0.846. The lowest BCUT2D eigenvalue weighted by atomic mass is 9.96. The highest BCUT2D eigenvalue weighted by molar-refractivity contribution is 5.76. The maximum absolute atomic E-state index is 12.0. The van der Waals surface area contributed by atoms with Gasteiger partial charge in [0, 0.05) is 37.6 Å². The number of nitrogens with zero attached hydrogens (tertiary/aromatic N) is 2. The van der Waals surface area contributed by atoms with Crippen LogP contribution in [0.4, 0.5) is 4.79 Å². The number of hydrogen-bond donors (Lipinski definition) is 2. The van der Waals surface area contributed by atoms with Crippen molar-refractivity contribution in [1.29, 1.82) is 0 Å². The molecule has 2 heterocycles. The molecule has 2 fully saturated rings. The third kappa shape index (κ3) is 3.59. The summed E-state index contributed by atoms with van der Waals surface area (Å²) in [5, 5.41) is 11.7. The molecule has 0 aliphatic carbocycles. The zero-order valence-corrected chi connectivity index (χ0v) is 11.6. The molecule has 2 atom stereocenters. The average Bonchev–Trinajstić information content (AvgIpc) is 2.27. The minimum absolute atomic E-state index is 0.0385. The highest BCUT2D eigenvalue weighted by atomic mass is 16.4. The van der Waals surface area contributed by atoms with Gasteiger partial charge in [0.15, 0.2) is 0 Å². The van der Waals surface area contributed by atoms with E-state index in [2.05, 4.69) is 24.2 Å². The number of likely N-dealkylation sites (tertiary alicyclic amines) is 2. The molecule has 0 spiro atoms. The van der Waals surface area contributed by atoms with Gasteiger partial charge in [0.25, 0.3) is 0 Å². The van der Waals surface area contributed by atoms with Crippen molar-refractivity contribution >= 4 is 12.0 Å². The number of aliphatic carboxylic acids is 1. The van der Waals surface area contributed by atoms with Crippen molar-refractivity contribution < 1.29 is 14.7 Å². The van der Waals surface area contributed by atoms with Crippen molar-refractivity contribution in [2.24, 2.45) is 5.92 Å². The summed E-state index contributed by atoms with van der Waals surface area (Å²) in [6, 6.07) is 0.704. The van der Waals surface area contributed by atoms with Crippen LogP contribution in [0.3, 0.4) is 0 Å². The van der Waals surface area contributed by atoms with Crippen LogP contribution < -0.4 is 5.32 Å². The summed E-state index contributed by atoms with van der Waals surface area (Å²) in [6.07, 6.45) is 2.13. The molecule has 0 aromatic heterocycles. The van der Waals surface area contributed by atoms with Crippen molar-refractivity contribution in [2.45, 2.75) is 38.3 Å². The summed E-state index contributed by atoms with van der Waals surface area (Å²) in [4.78, 5) is 26.5. The first-order chi connectivity index (χ1) is 8.95. The number of carboxylic acid groups (broad SMARTS) is 1. The lowest BCUT2D eigenvalue weighted by molar-refractivity contribution is -0.139. The third-order valence-corrected chi connectivity index (χ3v) is 4.24. The van der Waals surface area contributed by atoms with Gasteiger partial charge in [0.05, 0.1) is 6.42 Å². The molecular formula is C13H23N3O3. The number of hydrogen-bond acceptors (Lipinski definition) is 3. The van der Waals surface area contributed by atoms with Gasteiger partial charge in [-0.05, 0) is 26.8 Å². The largest absolute Gasteiger partial charge is 0.481 e. The van der Waals surface area contributed by atoms with E-state index in [0.29, 0.717) is 19.1 Å². The molecule has 108 valence electrons. The SMILES string of the molecule is CC1CC(NC(=O)N2CC(CC(=O)O)C2)CCN1C. The van der Waals surface area contributed by atoms with Gasteiger partial charge in [-0.25, -0.2) is 4.79 Å². The van der Waals surface area contributed by atoms with Gasteiger partial charge < -0.3 is 20.2 Å². The molecular weight excluding hydrogens is 246 g/mol. The second-order valence-electron chi connectivity index (χ2n) is 5.87. The smallest absolute Gasteiger partial charge is 0.317 e. The van der Waals surface area contributed by atoms with Crippen LogP contribution >= 0.6 is 0 Å². The number of carbonyl (C=O) groups excluding carboxylic acids is 1. The second kappa shape index (κ2) is 5.77. The molecule has 0 saturated carbocycles. The average molecular weight is 269 g/mol. The van der Waals surface area contributed by atoms with E-state index in [-0.39, 0.29) is 24.4 Å². The Balaban J connectivity index is 1.70. The van der Waals surface area contributed by atoms with Crippen LogP contribution in [0.15, 0.2) is 0 Å². The van der Waals surface area contributed by atoms with E-state index in [4.69, 9.17) is 5.11 Å². The molecule has 2 unspecified atom stereocenters. The normalized spacial score (nSPS) is 28.8. The number of carbonyl (C=O) groups is 2. The van der Waals surface area contributed by atoms with E-state index in [1.165, 1.54) is 0 Å². The molecule has 0 aromatic carbocycles. The molecule has 2 aliphatic rings. The van der Waals surface area contributed by atoms with Gasteiger partial charge in [0.1, 0.15) is 0 Å². The summed E-state index contributed by atoms with van der Waals surface area (Å²) in [6.45, 7) is 4.32. The Kier molecular flexibility index (Phi) is 4.29. The Hall–Kier alpha value is -1.30. The molecule has 2 aliphatic heterocycles. The second-order valence-corrected chi connectivity index (χ2v) is 5.87. The predicted molar refractivity (Wildman–Crippen MR) is 71.0 cm³/mol. The molecule has 2 amide bonds. The number of piperidine rings is 1. The Morgan fingerprint density at radius 1 is 1.37 bits per heavy atom. The van der Waals surface area contributed by atoms with Crippen LogP contribution in [0.1, 0.15) is 26.2 Å². The summed E-state index contributed by atoms with van der Waals surface area (Å²) >= 11 is 0. The van der Waals surface area contributed by atoms with Gasteiger partial charge >= 0.3 is 12.0 Å².